The normalized spacial score (nSPS) is 22.3. The van der Waals surface area contributed by atoms with Gasteiger partial charge in [-0.15, -0.1) is 0 Å². The molecule has 194 valence electrons. The predicted octanol–water partition coefficient (Wildman–Crippen LogP) is 6.73. The van der Waals surface area contributed by atoms with E-state index in [1.165, 1.54) is 86.7 Å². The molecule has 1 atom stereocenters. The van der Waals surface area contributed by atoms with E-state index >= 15 is 0 Å². The van der Waals surface area contributed by atoms with E-state index in [0.29, 0.717) is 5.71 Å². The summed E-state index contributed by atoms with van der Waals surface area (Å²) in [6.07, 6.45) is 15.6. The summed E-state index contributed by atoms with van der Waals surface area (Å²) in [4.78, 5) is 3.54. The molecule has 1 fully saturated rings. The van der Waals surface area contributed by atoms with Gasteiger partial charge in [0, 0.05) is 16.9 Å². The van der Waals surface area contributed by atoms with Crippen molar-refractivity contribution in [3.63, 3.8) is 0 Å². The van der Waals surface area contributed by atoms with E-state index in [0.717, 1.165) is 30.3 Å². The van der Waals surface area contributed by atoms with Crippen LogP contribution in [0.25, 0.3) is 0 Å². The molecular formula is C32H40N4S. The fourth-order valence-corrected chi connectivity index (χ4v) is 7.14. The van der Waals surface area contributed by atoms with Crippen LogP contribution in [0.2, 0.25) is 0 Å². The Balaban J connectivity index is 1.13. The van der Waals surface area contributed by atoms with E-state index in [1.807, 2.05) is 12.2 Å². The van der Waals surface area contributed by atoms with Crippen LogP contribution < -0.4 is 4.72 Å². The molecule has 37 heavy (non-hydrogen) atoms. The second-order valence-corrected chi connectivity index (χ2v) is 11.9. The summed E-state index contributed by atoms with van der Waals surface area (Å²) in [5.74, 6) is 0.881. The fraction of sp³-hybridized carbons (Fsp3) is 0.438. The number of nitrogens with zero attached hydrogens (tertiary/aromatic N) is 1. The summed E-state index contributed by atoms with van der Waals surface area (Å²) in [5, 5.41) is 16.1. The molecule has 0 bridgehead atoms. The summed E-state index contributed by atoms with van der Waals surface area (Å²) >= 11 is 1.52. The first kappa shape index (κ1) is 26.1. The largest absolute Gasteiger partial charge is 0.303 e. The highest BCUT2D eigenvalue weighted by atomic mass is 32.2. The van der Waals surface area contributed by atoms with Crippen LogP contribution in [0.15, 0.2) is 77.7 Å². The zero-order valence-corrected chi connectivity index (χ0v) is 22.7. The number of allylic oxidation sites excluding steroid dienone is 4. The zero-order valence-electron chi connectivity index (χ0n) is 21.8. The molecule has 1 saturated heterocycles. The molecule has 2 aromatic rings. The molecule has 2 aromatic carbocycles. The van der Waals surface area contributed by atoms with E-state index in [-0.39, 0.29) is 11.1 Å². The van der Waals surface area contributed by atoms with Crippen LogP contribution in [0.1, 0.15) is 55.2 Å². The van der Waals surface area contributed by atoms with Crippen molar-refractivity contribution in [2.45, 2.75) is 56.8 Å². The minimum Gasteiger partial charge on any atom is -0.303 e. The van der Waals surface area contributed by atoms with Gasteiger partial charge in [0.15, 0.2) is 0 Å². The molecule has 3 aliphatic rings. The average Bonchev–Trinajstić information content (AvgIpc) is 3.30. The van der Waals surface area contributed by atoms with E-state index in [1.54, 1.807) is 6.08 Å². The van der Waals surface area contributed by atoms with Crippen LogP contribution >= 0.6 is 11.9 Å². The number of fused-ring (bicyclic) bond motifs is 1. The van der Waals surface area contributed by atoms with Gasteiger partial charge in [0.05, 0.1) is 11.4 Å². The second-order valence-electron chi connectivity index (χ2n) is 11.0. The third kappa shape index (κ3) is 6.51. The molecule has 1 aliphatic heterocycles. The van der Waals surface area contributed by atoms with Gasteiger partial charge in [0.25, 0.3) is 0 Å². The lowest BCUT2D eigenvalue weighted by molar-refractivity contribution is 0.162. The molecule has 4 nitrogen and oxygen atoms in total. The van der Waals surface area contributed by atoms with Crippen LogP contribution in [0.4, 0.5) is 0 Å². The number of nitrogens with one attached hydrogen (secondary N) is 3. The lowest BCUT2D eigenvalue weighted by Gasteiger charge is -2.36. The van der Waals surface area contributed by atoms with Crippen molar-refractivity contribution in [3.8, 4) is 0 Å². The van der Waals surface area contributed by atoms with Gasteiger partial charge in [0.2, 0.25) is 0 Å². The highest BCUT2D eigenvalue weighted by Gasteiger charge is 2.38. The number of benzene rings is 2. The van der Waals surface area contributed by atoms with Gasteiger partial charge in [-0.25, -0.2) is 0 Å². The number of aryl methyl sites for hydroxylation is 2. The molecule has 0 aromatic heterocycles. The minimum absolute atomic E-state index is 0.136. The SMILES string of the molecule is N=C1C=CC=C(SNCC2(CCN3CCC(CCCc4ccccc4)CC3)CCc3ccccc32)C1=N. The molecule has 0 amide bonds. The number of hydrogen-bond donors (Lipinski definition) is 3. The maximum atomic E-state index is 8.21. The Kier molecular flexibility index (Phi) is 8.75. The van der Waals surface area contributed by atoms with Gasteiger partial charge in [-0.3, -0.25) is 15.5 Å². The minimum atomic E-state index is 0.136. The Morgan fingerprint density at radius 2 is 1.78 bits per heavy atom. The zero-order chi connectivity index (χ0) is 25.5. The Morgan fingerprint density at radius 3 is 2.62 bits per heavy atom. The van der Waals surface area contributed by atoms with Crippen molar-refractivity contribution >= 4 is 23.4 Å². The smallest absolute Gasteiger partial charge is 0.0938 e. The maximum Gasteiger partial charge on any atom is 0.0938 e. The summed E-state index contributed by atoms with van der Waals surface area (Å²) in [5.41, 5.74) is 5.22. The lowest BCUT2D eigenvalue weighted by atomic mass is 9.78. The van der Waals surface area contributed by atoms with Gasteiger partial charge in [-0.1, -0.05) is 67.1 Å². The van der Waals surface area contributed by atoms with Crippen LogP contribution in [-0.2, 0) is 18.3 Å². The molecule has 1 heterocycles. The highest BCUT2D eigenvalue weighted by Crippen LogP contribution is 2.42. The first-order valence-corrected chi connectivity index (χ1v) is 14.8. The number of likely N-dealkylation sites (tertiary alicyclic amines) is 1. The van der Waals surface area contributed by atoms with Crippen molar-refractivity contribution in [1.29, 1.82) is 10.8 Å². The van der Waals surface area contributed by atoms with E-state index in [4.69, 9.17) is 10.8 Å². The predicted molar refractivity (Wildman–Crippen MR) is 158 cm³/mol. The van der Waals surface area contributed by atoms with Crippen molar-refractivity contribution in [1.82, 2.24) is 9.62 Å². The number of rotatable bonds is 11. The van der Waals surface area contributed by atoms with Crippen molar-refractivity contribution in [3.05, 3.63) is 94.4 Å². The third-order valence-electron chi connectivity index (χ3n) is 8.61. The molecule has 3 N–H and O–H groups in total. The summed E-state index contributed by atoms with van der Waals surface area (Å²) in [6, 6.07) is 19.9. The average molecular weight is 513 g/mol. The van der Waals surface area contributed by atoms with Gasteiger partial charge < -0.3 is 4.90 Å². The summed E-state index contributed by atoms with van der Waals surface area (Å²) in [6.45, 7) is 4.51. The fourth-order valence-electron chi connectivity index (χ4n) is 6.27. The Hall–Kier alpha value is -2.47. The van der Waals surface area contributed by atoms with Gasteiger partial charge in [-0.05, 0) is 111 Å². The topological polar surface area (TPSA) is 63.0 Å². The van der Waals surface area contributed by atoms with Crippen molar-refractivity contribution < 1.29 is 0 Å². The lowest BCUT2D eigenvalue weighted by Crippen LogP contribution is -2.41. The van der Waals surface area contributed by atoms with Crippen LogP contribution in [-0.4, -0.2) is 42.5 Å². The Morgan fingerprint density at radius 1 is 1.00 bits per heavy atom. The standard InChI is InChI=1S/C32H40N4S/c33-29-14-7-15-30(31(29)34)37-35-24-32(19-16-27-12-4-5-13-28(27)32)20-23-36-21-17-26(18-22-36)11-6-10-25-8-2-1-3-9-25/h1-5,7-9,12-15,26,33-35H,6,10-11,16-24H2. The molecule has 0 spiro atoms. The maximum absolute atomic E-state index is 8.21. The van der Waals surface area contributed by atoms with Crippen LogP contribution in [0, 0.1) is 16.7 Å². The first-order chi connectivity index (χ1) is 18.1. The molecular weight excluding hydrogens is 472 g/mol. The molecule has 5 heteroatoms. The van der Waals surface area contributed by atoms with Crippen molar-refractivity contribution in [2.75, 3.05) is 26.2 Å². The van der Waals surface area contributed by atoms with E-state index < -0.39 is 0 Å². The van der Waals surface area contributed by atoms with Crippen molar-refractivity contribution in [2.24, 2.45) is 5.92 Å². The first-order valence-electron chi connectivity index (χ1n) is 13.9. The molecule has 5 rings (SSSR count). The van der Waals surface area contributed by atoms with Crippen LogP contribution in [0.3, 0.4) is 0 Å². The third-order valence-corrected chi connectivity index (χ3v) is 9.46. The molecule has 2 aliphatic carbocycles. The monoisotopic (exact) mass is 512 g/mol. The molecule has 1 unspecified atom stereocenters. The summed E-state index contributed by atoms with van der Waals surface area (Å²) in [7, 11) is 0. The van der Waals surface area contributed by atoms with E-state index in [2.05, 4.69) is 64.2 Å². The second kappa shape index (κ2) is 12.4. The Bertz CT molecular complexity index is 1150. The number of piperidine rings is 1. The molecule has 0 radical (unpaired) electrons. The quantitative estimate of drug-likeness (QED) is 0.231. The van der Waals surface area contributed by atoms with Gasteiger partial charge >= 0.3 is 0 Å². The Labute approximate surface area is 226 Å². The van der Waals surface area contributed by atoms with Gasteiger partial charge in [0.1, 0.15) is 0 Å². The van der Waals surface area contributed by atoms with Crippen LogP contribution in [0.5, 0.6) is 0 Å². The number of hydrogen-bond acceptors (Lipinski definition) is 5. The highest BCUT2D eigenvalue weighted by molar-refractivity contribution is 8.02. The van der Waals surface area contributed by atoms with Gasteiger partial charge in [-0.2, -0.15) is 0 Å². The van der Waals surface area contributed by atoms with E-state index in [9.17, 15) is 0 Å². The summed E-state index contributed by atoms with van der Waals surface area (Å²) < 4.78 is 3.62. The molecule has 0 saturated carbocycles.